The van der Waals surface area contributed by atoms with Crippen LogP contribution in [0.1, 0.15) is 39.0 Å². The van der Waals surface area contributed by atoms with E-state index in [0.29, 0.717) is 6.54 Å². The molecule has 0 atom stereocenters. The standard InChI is InChI=1S/C11H18F3N3/c1-5-15-6-8-7-17(10(2,3)4)16-9(8)11(12,13)14/h7,15H,5-6H2,1-4H3. The van der Waals surface area contributed by atoms with Crippen molar-refractivity contribution in [2.75, 3.05) is 6.54 Å². The van der Waals surface area contributed by atoms with Crippen LogP contribution in [0, 0.1) is 0 Å². The van der Waals surface area contributed by atoms with Gasteiger partial charge < -0.3 is 5.32 Å². The van der Waals surface area contributed by atoms with Crippen molar-refractivity contribution in [2.45, 2.75) is 46.0 Å². The Hall–Kier alpha value is -1.04. The summed E-state index contributed by atoms with van der Waals surface area (Å²) >= 11 is 0. The van der Waals surface area contributed by atoms with Crippen molar-refractivity contribution in [3.05, 3.63) is 17.5 Å². The molecule has 0 aliphatic heterocycles. The summed E-state index contributed by atoms with van der Waals surface area (Å²) in [6, 6.07) is 0. The number of hydrogen-bond donors (Lipinski definition) is 1. The SMILES string of the molecule is CCNCc1cn(C(C)(C)C)nc1C(F)(F)F. The zero-order valence-corrected chi connectivity index (χ0v) is 10.5. The van der Waals surface area contributed by atoms with Crippen LogP contribution in [0.3, 0.4) is 0 Å². The maximum absolute atomic E-state index is 12.8. The van der Waals surface area contributed by atoms with Crippen LogP contribution < -0.4 is 5.32 Å². The van der Waals surface area contributed by atoms with E-state index in [0.717, 1.165) is 0 Å². The van der Waals surface area contributed by atoms with Crippen molar-refractivity contribution in [3.8, 4) is 0 Å². The molecule has 0 aliphatic carbocycles. The lowest BCUT2D eigenvalue weighted by molar-refractivity contribution is -0.142. The highest BCUT2D eigenvalue weighted by atomic mass is 19.4. The average molecular weight is 249 g/mol. The van der Waals surface area contributed by atoms with Gasteiger partial charge >= 0.3 is 6.18 Å². The Morgan fingerprint density at radius 2 is 1.88 bits per heavy atom. The minimum absolute atomic E-state index is 0.182. The first-order valence-electron chi connectivity index (χ1n) is 5.53. The van der Waals surface area contributed by atoms with Gasteiger partial charge in [-0.2, -0.15) is 18.3 Å². The van der Waals surface area contributed by atoms with Crippen molar-refractivity contribution in [3.63, 3.8) is 0 Å². The summed E-state index contributed by atoms with van der Waals surface area (Å²) in [6.07, 6.45) is -2.94. The van der Waals surface area contributed by atoms with Crippen LogP contribution in [0.25, 0.3) is 0 Å². The fourth-order valence-electron chi connectivity index (χ4n) is 1.38. The molecular weight excluding hydrogens is 231 g/mol. The summed E-state index contributed by atoms with van der Waals surface area (Å²) in [4.78, 5) is 0. The number of nitrogens with one attached hydrogen (secondary N) is 1. The lowest BCUT2D eigenvalue weighted by atomic mass is 10.1. The smallest absolute Gasteiger partial charge is 0.313 e. The van der Waals surface area contributed by atoms with E-state index in [9.17, 15) is 13.2 Å². The van der Waals surface area contributed by atoms with E-state index in [-0.39, 0.29) is 12.1 Å². The maximum Gasteiger partial charge on any atom is 0.435 e. The lowest BCUT2D eigenvalue weighted by Crippen LogP contribution is -2.23. The number of hydrogen-bond acceptors (Lipinski definition) is 2. The molecule has 0 aromatic carbocycles. The van der Waals surface area contributed by atoms with E-state index >= 15 is 0 Å². The summed E-state index contributed by atoms with van der Waals surface area (Å²) in [5.74, 6) is 0. The van der Waals surface area contributed by atoms with E-state index in [4.69, 9.17) is 0 Å². The van der Waals surface area contributed by atoms with Gasteiger partial charge in [0.15, 0.2) is 5.69 Å². The molecule has 0 fully saturated rings. The largest absolute Gasteiger partial charge is 0.435 e. The van der Waals surface area contributed by atoms with Crippen molar-refractivity contribution in [1.82, 2.24) is 15.1 Å². The highest BCUT2D eigenvalue weighted by Crippen LogP contribution is 2.31. The molecule has 3 nitrogen and oxygen atoms in total. The quantitative estimate of drug-likeness (QED) is 0.892. The molecule has 0 saturated carbocycles. The zero-order chi connectivity index (χ0) is 13.3. The Morgan fingerprint density at radius 3 is 2.29 bits per heavy atom. The minimum Gasteiger partial charge on any atom is -0.313 e. The number of aromatic nitrogens is 2. The summed E-state index contributed by atoms with van der Waals surface area (Å²) in [5.41, 5.74) is -1.06. The molecule has 98 valence electrons. The van der Waals surface area contributed by atoms with Crippen molar-refractivity contribution < 1.29 is 13.2 Å². The Kier molecular flexibility index (Phi) is 3.86. The molecule has 0 unspecified atom stereocenters. The monoisotopic (exact) mass is 249 g/mol. The molecule has 1 heterocycles. The van der Waals surface area contributed by atoms with Crippen LogP contribution in [0.5, 0.6) is 0 Å². The molecule has 17 heavy (non-hydrogen) atoms. The second kappa shape index (κ2) is 4.68. The molecule has 6 heteroatoms. The van der Waals surface area contributed by atoms with Crippen LogP contribution in [-0.2, 0) is 18.3 Å². The van der Waals surface area contributed by atoms with Crippen molar-refractivity contribution in [2.24, 2.45) is 0 Å². The Bertz CT molecular complexity index is 374. The van der Waals surface area contributed by atoms with E-state index in [1.807, 2.05) is 27.7 Å². The molecular formula is C11H18F3N3. The molecule has 0 spiro atoms. The predicted octanol–water partition coefficient (Wildman–Crippen LogP) is 2.77. The van der Waals surface area contributed by atoms with Gasteiger partial charge in [-0.25, -0.2) is 0 Å². The van der Waals surface area contributed by atoms with Crippen molar-refractivity contribution >= 4 is 0 Å². The van der Waals surface area contributed by atoms with E-state index in [2.05, 4.69) is 10.4 Å². The fraction of sp³-hybridized carbons (Fsp3) is 0.727. The Balaban J connectivity index is 3.13. The summed E-state index contributed by atoms with van der Waals surface area (Å²) in [5, 5.41) is 6.55. The highest BCUT2D eigenvalue weighted by Gasteiger charge is 2.37. The van der Waals surface area contributed by atoms with Gasteiger partial charge in [-0.1, -0.05) is 6.92 Å². The number of halogens is 3. The topological polar surface area (TPSA) is 29.9 Å². The van der Waals surface area contributed by atoms with Crippen LogP contribution >= 0.6 is 0 Å². The van der Waals surface area contributed by atoms with Gasteiger partial charge in [0.1, 0.15) is 0 Å². The third-order valence-electron chi connectivity index (χ3n) is 2.31. The Labute approximate surface area is 99.0 Å². The van der Waals surface area contributed by atoms with Gasteiger partial charge in [0.25, 0.3) is 0 Å². The summed E-state index contributed by atoms with van der Waals surface area (Å²) in [6.45, 7) is 8.10. The number of nitrogens with zero attached hydrogens (tertiary/aromatic N) is 2. The van der Waals surface area contributed by atoms with Gasteiger partial charge in [0.2, 0.25) is 0 Å². The van der Waals surface area contributed by atoms with Crippen LogP contribution in [0.2, 0.25) is 0 Å². The van der Waals surface area contributed by atoms with Gasteiger partial charge in [0, 0.05) is 18.3 Å². The molecule has 0 bridgehead atoms. The van der Waals surface area contributed by atoms with Crippen LogP contribution in [0.15, 0.2) is 6.20 Å². The molecule has 1 N–H and O–H groups in total. The van der Waals surface area contributed by atoms with E-state index in [1.165, 1.54) is 10.9 Å². The number of alkyl halides is 3. The first kappa shape index (κ1) is 14.0. The minimum atomic E-state index is -4.40. The van der Waals surface area contributed by atoms with Crippen LogP contribution in [-0.4, -0.2) is 16.3 Å². The predicted molar refractivity (Wildman–Crippen MR) is 59.6 cm³/mol. The van der Waals surface area contributed by atoms with Crippen molar-refractivity contribution in [1.29, 1.82) is 0 Å². The second-order valence-corrected chi connectivity index (χ2v) is 4.90. The second-order valence-electron chi connectivity index (χ2n) is 4.90. The first-order valence-corrected chi connectivity index (χ1v) is 5.53. The van der Waals surface area contributed by atoms with Gasteiger partial charge in [-0.3, -0.25) is 4.68 Å². The zero-order valence-electron chi connectivity index (χ0n) is 10.5. The average Bonchev–Trinajstić information content (AvgIpc) is 2.56. The third kappa shape index (κ3) is 3.46. The molecule has 1 rings (SSSR count). The summed E-state index contributed by atoms with van der Waals surface area (Å²) in [7, 11) is 0. The van der Waals surface area contributed by atoms with E-state index < -0.39 is 17.4 Å². The molecule has 0 saturated heterocycles. The first-order chi connectivity index (χ1) is 7.66. The number of rotatable bonds is 3. The van der Waals surface area contributed by atoms with Gasteiger partial charge in [0.05, 0.1) is 5.54 Å². The normalized spacial score (nSPS) is 13.1. The van der Waals surface area contributed by atoms with Gasteiger partial charge in [-0.15, -0.1) is 0 Å². The molecule has 1 aromatic heterocycles. The molecule has 0 radical (unpaired) electrons. The lowest BCUT2D eigenvalue weighted by Gasteiger charge is -2.18. The molecule has 0 amide bonds. The summed E-state index contributed by atoms with van der Waals surface area (Å²) < 4.78 is 39.7. The molecule has 0 aliphatic rings. The van der Waals surface area contributed by atoms with E-state index in [1.54, 1.807) is 0 Å². The maximum atomic E-state index is 12.8. The van der Waals surface area contributed by atoms with Gasteiger partial charge in [-0.05, 0) is 27.3 Å². The third-order valence-corrected chi connectivity index (χ3v) is 2.31. The van der Waals surface area contributed by atoms with Crippen LogP contribution in [0.4, 0.5) is 13.2 Å². The highest BCUT2D eigenvalue weighted by molar-refractivity contribution is 5.20. The fourth-order valence-corrected chi connectivity index (χ4v) is 1.38. The Morgan fingerprint density at radius 1 is 1.29 bits per heavy atom. The molecule has 1 aromatic rings.